The second kappa shape index (κ2) is 20.4. The molecule has 5 fully saturated rings. The molecule has 6 aliphatic heterocycles. The van der Waals surface area contributed by atoms with Gasteiger partial charge in [-0.05, 0) is 69.1 Å². The zero-order valence-corrected chi connectivity index (χ0v) is 39.4. The lowest BCUT2D eigenvalue weighted by Gasteiger charge is -2.51. The van der Waals surface area contributed by atoms with E-state index in [2.05, 4.69) is 46.8 Å². The van der Waals surface area contributed by atoms with Crippen LogP contribution in [0.3, 0.4) is 0 Å². The van der Waals surface area contributed by atoms with E-state index in [1.807, 2.05) is 32.9 Å². The molecule has 63 heavy (non-hydrogen) atoms. The van der Waals surface area contributed by atoms with Gasteiger partial charge in [-0.3, -0.25) is 4.79 Å². The van der Waals surface area contributed by atoms with Crippen molar-refractivity contribution >= 4 is 5.97 Å². The van der Waals surface area contributed by atoms with E-state index < -0.39 is 90.8 Å². The fourth-order valence-electron chi connectivity index (χ4n) is 11.3. The predicted molar refractivity (Wildman–Crippen MR) is 232 cm³/mol. The van der Waals surface area contributed by atoms with Crippen molar-refractivity contribution in [3.8, 4) is 0 Å². The van der Waals surface area contributed by atoms with Crippen molar-refractivity contribution in [2.45, 2.75) is 204 Å². The molecule has 2 N–H and O–H groups in total. The second-order valence-electron chi connectivity index (χ2n) is 19.5. The highest BCUT2D eigenvalue weighted by Crippen LogP contribution is 2.49. The van der Waals surface area contributed by atoms with Gasteiger partial charge in [-0.1, -0.05) is 64.5 Å². The number of aliphatic hydroxyl groups is 2. The molecule has 0 aromatic rings. The molecule has 0 aromatic carbocycles. The Hall–Kier alpha value is -2.05. The number of aliphatic hydroxyl groups excluding tert-OH is 2. The van der Waals surface area contributed by atoms with Crippen LogP contribution in [-0.4, -0.2) is 141 Å². The summed E-state index contributed by atoms with van der Waals surface area (Å²) >= 11 is 0. The molecule has 5 saturated heterocycles. The van der Waals surface area contributed by atoms with Crippen molar-refractivity contribution in [1.82, 2.24) is 0 Å². The highest BCUT2D eigenvalue weighted by atomic mass is 16.7. The highest BCUT2D eigenvalue weighted by Gasteiger charge is 2.61. The third-order valence-electron chi connectivity index (χ3n) is 15.2. The molecule has 7 rings (SSSR count). The SMILES string of the molecule is CC[C@H](C)[C@H]1O[C@]2(CC[C@@H]1C)C[C@@H]1C[C@@H](C/C=C(/C)[C@@H](O[C@H]3C[C@H](OC)[C@@H](O[C@H]4C[C@H](OC)[C@@H](O)[C@H](C)O4)[C@H](C)O3)[C@@H](C)/C=C\C=C3\CO[C@@H]4[C@H](O)C(C)=C[C@@H](C(=O)O1)[C@]34OC)O2. The van der Waals surface area contributed by atoms with Gasteiger partial charge in [-0.2, -0.15) is 0 Å². The molecule has 0 radical (unpaired) electrons. The summed E-state index contributed by atoms with van der Waals surface area (Å²) in [5.41, 5.74) is 1.10. The number of hydrogen-bond acceptors (Lipinski definition) is 14. The number of ether oxygens (including phenoxy) is 11. The Morgan fingerprint density at radius 1 is 0.905 bits per heavy atom. The molecular formula is C49H76O14. The van der Waals surface area contributed by atoms with Crippen LogP contribution in [0.15, 0.2) is 47.1 Å². The lowest BCUT2D eigenvalue weighted by molar-refractivity contribution is -0.340. The molecule has 0 saturated carbocycles. The number of rotatable bonds is 9. The number of hydrogen-bond donors (Lipinski definition) is 2. The summed E-state index contributed by atoms with van der Waals surface area (Å²) in [7, 11) is 4.82. The van der Waals surface area contributed by atoms with E-state index in [0.717, 1.165) is 24.0 Å². The summed E-state index contributed by atoms with van der Waals surface area (Å²) in [6.45, 7) is 16.6. The van der Waals surface area contributed by atoms with Crippen LogP contribution in [0.4, 0.5) is 0 Å². The summed E-state index contributed by atoms with van der Waals surface area (Å²) in [5.74, 6) is -1.62. The fraction of sp³-hybridized carbons (Fsp3) is 0.816. The van der Waals surface area contributed by atoms with Crippen molar-refractivity contribution in [1.29, 1.82) is 0 Å². The molecule has 6 heterocycles. The van der Waals surface area contributed by atoms with E-state index in [4.69, 9.17) is 52.1 Å². The van der Waals surface area contributed by atoms with Gasteiger partial charge in [0.1, 0.15) is 42.0 Å². The van der Waals surface area contributed by atoms with Crippen LogP contribution in [0.5, 0.6) is 0 Å². The maximum atomic E-state index is 14.6. The number of fused-ring (bicyclic) bond motifs is 2. The monoisotopic (exact) mass is 889 g/mol. The van der Waals surface area contributed by atoms with E-state index in [0.29, 0.717) is 55.9 Å². The van der Waals surface area contributed by atoms with Crippen molar-refractivity contribution in [2.75, 3.05) is 27.9 Å². The van der Waals surface area contributed by atoms with Gasteiger partial charge in [0.2, 0.25) is 0 Å². The Kier molecular flexibility index (Phi) is 15.9. The Morgan fingerprint density at radius 3 is 2.33 bits per heavy atom. The highest BCUT2D eigenvalue weighted by molar-refractivity contribution is 5.78. The summed E-state index contributed by atoms with van der Waals surface area (Å²) in [5, 5.41) is 22.0. The largest absolute Gasteiger partial charge is 0.462 e. The molecule has 1 aliphatic carbocycles. The molecule has 14 nitrogen and oxygen atoms in total. The van der Waals surface area contributed by atoms with E-state index in [1.54, 1.807) is 27.4 Å². The van der Waals surface area contributed by atoms with Crippen LogP contribution in [-0.2, 0) is 56.9 Å². The second-order valence-corrected chi connectivity index (χ2v) is 19.5. The minimum atomic E-state index is -1.28. The van der Waals surface area contributed by atoms with Crippen molar-refractivity contribution in [2.24, 2.45) is 23.7 Å². The van der Waals surface area contributed by atoms with Crippen molar-refractivity contribution in [3.63, 3.8) is 0 Å². The fourth-order valence-corrected chi connectivity index (χ4v) is 11.3. The molecule has 0 unspecified atom stereocenters. The van der Waals surface area contributed by atoms with Gasteiger partial charge in [-0.25, -0.2) is 0 Å². The first-order chi connectivity index (χ1) is 30.1. The predicted octanol–water partition coefficient (Wildman–Crippen LogP) is 6.26. The normalized spacial score (nSPS) is 48.8. The van der Waals surface area contributed by atoms with Crippen LogP contribution in [0.1, 0.15) is 107 Å². The summed E-state index contributed by atoms with van der Waals surface area (Å²) in [6.07, 6.45) is 7.83. The summed E-state index contributed by atoms with van der Waals surface area (Å²) in [4.78, 5) is 14.6. The van der Waals surface area contributed by atoms with Crippen LogP contribution < -0.4 is 0 Å². The van der Waals surface area contributed by atoms with E-state index >= 15 is 0 Å². The van der Waals surface area contributed by atoms with Gasteiger partial charge in [-0.15, -0.1) is 0 Å². The standard InChI is InChI=1S/C49H76O14/c1-12-26(2)44-29(5)18-19-48(63-44)24-35-21-34(62-48)17-16-28(4)43(60-40-23-38(54-10)45(32(8)58-40)61-39-22-37(53-9)42(51)31(7)57-39)27(3)14-13-15-33-25-56-46-41(50)30(6)20-36(47(52)59-35)49(33,46)55-11/h13-16,20,26-27,29,31-32,34-46,50-51H,12,17-19,21-25H2,1-11H3/b14-13-,28-16-,33-15-/t26-,27-,29-,31-,32-,34+,35-,36-,37-,38-,39-,40-,41+,42-,43-,44+,45-,46+,48+,49+/m0/s1. The number of carbonyl (C=O) groups excluding carboxylic acids is 1. The molecule has 0 amide bonds. The number of esters is 1. The topological polar surface area (TPSA) is 159 Å². The molecular weight excluding hydrogens is 813 g/mol. The van der Waals surface area contributed by atoms with E-state index in [1.165, 1.54) is 0 Å². The van der Waals surface area contributed by atoms with Crippen molar-refractivity contribution < 1.29 is 67.1 Å². The zero-order chi connectivity index (χ0) is 45.4. The van der Waals surface area contributed by atoms with Gasteiger partial charge in [0.25, 0.3) is 0 Å². The third kappa shape index (κ3) is 9.99. The minimum absolute atomic E-state index is 0.0124. The van der Waals surface area contributed by atoms with Crippen LogP contribution in [0.25, 0.3) is 0 Å². The van der Waals surface area contributed by atoms with Crippen LogP contribution >= 0.6 is 0 Å². The van der Waals surface area contributed by atoms with Crippen molar-refractivity contribution in [3.05, 3.63) is 47.1 Å². The Balaban J connectivity index is 1.19. The Morgan fingerprint density at radius 2 is 1.62 bits per heavy atom. The molecule has 20 atom stereocenters. The van der Waals surface area contributed by atoms with Gasteiger partial charge in [0.05, 0.1) is 49.3 Å². The number of carbonyl (C=O) groups is 1. The van der Waals surface area contributed by atoms with Gasteiger partial charge >= 0.3 is 5.97 Å². The quantitative estimate of drug-likeness (QED) is 0.198. The first kappa shape index (κ1) is 48.9. The molecule has 1 spiro atoms. The molecule has 356 valence electrons. The average molecular weight is 889 g/mol. The van der Waals surface area contributed by atoms with Gasteiger partial charge in [0, 0.05) is 59.4 Å². The molecule has 2 bridgehead atoms. The van der Waals surface area contributed by atoms with Crippen LogP contribution in [0, 0.1) is 23.7 Å². The maximum absolute atomic E-state index is 14.6. The first-order valence-corrected chi connectivity index (χ1v) is 23.6. The Labute approximate surface area is 374 Å². The third-order valence-corrected chi connectivity index (χ3v) is 15.2. The molecule has 0 aromatic heterocycles. The molecule has 7 aliphatic rings. The van der Waals surface area contributed by atoms with E-state index in [9.17, 15) is 15.0 Å². The lowest BCUT2D eigenvalue weighted by atomic mass is 9.70. The molecule has 14 heteroatoms. The number of allylic oxidation sites excluding steroid dienone is 2. The summed E-state index contributed by atoms with van der Waals surface area (Å²) < 4.78 is 70.9. The minimum Gasteiger partial charge on any atom is -0.462 e. The first-order valence-electron chi connectivity index (χ1n) is 23.6. The van der Waals surface area contributed by atoms with Crippen LogP contribution in [0.2, 0.25) is 0 Å². The average Bonchev–Trinajstić information content (AvgIpc) is 3.64. The number of methoxy groups -OCH3 is 3. The van der Waals surface area contributed by atoms with E-state index in [-0.39, 0.29) is 30.8 Å². The Bertz CT molecular complexity index is 1690. The van der Waals surface area contributed by atoms with Gasteiger partial charge in [0.15, 0.2) is 18.4 Å². The summed E-state index contributed by atoms with van der Waals surface area (Å²) in [6, 6.07) is 0. The lowest BCUT2D eigenvalue weighted by Crippen LogP contribution is -2.59. The zero-order valence-electron chi connectivity index (χ0n) is 39.4. The van der Waals surface area contributed by atoms with Gasteiger partial charge < -0.3 is 62.3 Å². The maximum Gasteiger partial charge on any atom is 0.316 e. The smallest absolute Gasteiger partial charge is 0.316 e.